The van der Waals surface area contributed by atoms with Crippen molar-refractivity contribution in [3.63, 3.8) is 0 Å². The van der Waals surface area contributed by atoms with Gasteiger partial charge in [0.1, 0.15) is 24.5 Å². The van der Waals surface area contributed by atoms with Gasteiger partial charge in [-0.1, -0.05) is 0 Å². The van der Waals surface area contributed by atoms with Gasteiger partial charge < -0.3 is 29.8 Å². The number of ether oxygens (including phenoxy) is 2. The summed E-state index contributed by atoms with van der Waals surface area (Å²) in [5.74, 6) is -2.03. The smallest absolute Gasteiger partial charge is 0.341 e. The number of carbonyl (C=O) groups is 1. The topological polar surface area (TPSA) is 107 Å². The van der Waals surface area contributed by atoms with Crippen LogP contribution in [0.5, 0.6) is 5.75 Å². The van der Waals surface area contributed by atoms with Crippen molar-refractivity contribution in [2.45, 2.75) is 31.0 Å². The van der Waals surface area contributed by atoms with Crippen molar-refractivity contribution >= 4 is 22.6 Å². The maximum absolute atomic E-state index is 15.5. The molecule has 8 nitrogen and oxygen atoms in total. The van der Waals surface area contributed by atoms with Crippen LogP contribution >= 0.6 is 0 Å². The van der Waals surface area contributed by atoms with Crippen LogP contribution in [0.15, 0.2) is 17.1 Å². The zero-order valence-electron chi connectivity index (χ0n) is 16.7. The molecule has 5 rings (SSSR count). The predicted octanol–water partition coefficient (Wildman–Crippen LogP) is 1.68. The number of aromatic carboxylic acids is 1. The minimum absolute atomic E-state index is 0.0316. The van der Waals surface area contributed by atoms with Crippen LogP contribution in [0.25, 0.3) is 10.9 Å². The lowest BCUT2D eigenvalue weighted by Crippen LogP contribution is -2.34. The maximum Gasteiger partial charge on any atom is 0.341 e. The highest BCUT2D eigenvalue weighted by Gasteiger charge is 2.46. The Balaban J connectivity index is 1.79. The molecule has 3 fully saturated rings. The Hall–Kier alpha value is -2.72. The Bertz CT molecular complexity index is 1120. The van der Waals surface area contributed by atoms with Crippen molar-refractivity contribution in [3.8, 4) is 5.75 Å². The van der Waals surface area contributed by atoms with Gasteiger partial charge in [0.15, 0.2) is 11.6 Å². The largest absolute Gasteiger partial charge is 0.486 e. The number of carboxylic acids is 1. The highest BCUT2D eigenvalue weighted by atomic mass is 19.1. The molecule has 3 atom stereocenters. The third-order valence-electron chi connectivity index (χ3n) is 6.43. The average Bonchev–Trinajstić information content (AvgIpc) is 3.37. The Labute approximate surface area is 176 Å². The summed E-state index contributed by atoms with van der Waals surface area (Å²) in [6, 6.07) is 0.649. The van der Waals surface area contributed by atoms with Crippen LogP contribution in [0.2, 0.25) is 0 Å². The number of pyridine rings is 1. The van der Waals surface area contributed by atoms with Gasteiger partial charge in [-0.15, -0.1) is 0 Å². The van der Waals surface area contributed by atoms with Gasteiger partial charge in [-0.25, -0.2) is 13.6 Å². The van der Waals surface area contributed by atoms with Gasteiger partial charge in [0.2, 0.25) is 5.43 Å². The molecule has 3 aliphatic rings. The molecule has 31 heavy (non-hydrogen) atoms. The molecule has 1 aromatic heterocycles. The van der Waals surface area contributed by atoms with Gasteiger partial charge in [-0.05, 0) is 18.9 Å². The molecule has 1 saturated carbocycles. The molecule has 1 aromatic carbocycles. The summed E-state index contributed by atoms with van der Waals surface area (Å²) in [5.41, 5.74) is 5.44. The van der Waals surface area contributed by atoms with E-state index in [1.807, 2.05) is 0 Å². The summed E-state index contributed by atoms with van der Waals surface area (Å²) >= 11 is 0. The summed E-state index contributed by atoms with van der Waals surface area (Å²) in [7, 11) is 0. The van der Waals surface area contributed by atoms with Crippen LogP contribution < -0.4 is 20.8 Å². The highest BCUT2D eigenvalue weighted by Crippen LogP contribution is 2.46. The average molecular weight is 435 g/mol. The minimum atomic E-state index is -1.38. The minimum Gasteiger partial charge on any atom is -0.486 e. The van der Waals surface area contributed by atoms with E-state index in [9.17, 15) is 19.1 Å². The molecule has 0 spiro atoms. The first-order valence-corrected chi connectivity index (χ1v) is 10.4. The number of hydrogen-bond donors (Lipinski definition) is 2. The number of halogens is 2. The number of benzene rings is 1. The van der Waals surface area contributed by atoms with Crippen molar-refractivity contribution in [2.75, 3.05) is 37.9 Å². The molecule has 0 bridgehead atoms. The van der Waals surface area contributed by atoms with Crippen LogP contribution in [0.1, 0.15) is 29.2 Å². The van der Waals surface area contributed by atoms with Crippen molar-refractivity contribution in [1.82, 2.24) is 4.57 Å². The second-order valence-electron chi connectivity index (χ2n) is 8.37. The number of rotatable bonds is 6. The molecule has 2 aliphatic heterocycles. The van der Waals surface area contributed by atoms with Crippen LogP contribution in [-0.4, -0.2) is 60.8 Å². The van der Waals surface area contributed by atoms with Crippen molar-refractivity contribution in [2.24, 2.45) is 11.7 Å². The second-order valence-corrected chi connectivity index (χ2v) is 8.37. The fourth-order valence-corrected chi connectivity index (χ4v) is 4.83. The number of fused-ring (bicyclic) bond motifs is 2. The lowest BCUT2D eigenvalue weighted by molar-refractivity contribution is 0.0694. The molecule has 0 radical (unpaired) electrons. The molecule has 166 valence electrons. The molecule has 1 aliphatic carbocycles. The maximum atomic E-state index is 15.5. The van der Waals surface area contributed by atoms with E-state index < -0.39 is 29.5 Å². The van der Waals surface area contributed by atoms with Crippen LogP contribution in [0.4, 0.5) is 14.5 Å². The van der Waals surface area contributed by atoms with Crippen LogP contribution in [0, 0.1) is 11.7 Å². The van der Waals surface area contributed by atoms with E-state index in [0.717, 1.165) is 18.9 Å². The SMILES string of the molecule is NC1CN(c2c(F)cc3c(=O)c(C(=O)O)cn(C4CC4)c3c2OCCF)C2COCC12. The summed E-state index contributed by atoms with van der Waals surface area (Å²) < 4.78 is 41.5. The van der Waals surface area contributed by atoms with Crippen molar-refractivity contribution in [1.29, 1.82) is 0 Å². The van der Waals surface area contributed by atoms with E-state index in [1.54, 1.807) is 9.47 Å². The number of nitrogens with two attached hydrogens (primary N) is 1. The number of nitrogens with zero attached hydrogens (tertiary/aromatic N) is 2. The van der Waals surface area contributed by atoms with Gasteiger partial charge in [0, 0.05) is 30.7 Å². The van der Waals surface area contributed by atoms with Crippen LogP contribution in [-0.2, 0) is 4.74 Å². The third kappa shape index (κ3) is 3.16. The van der Waals surface area contributed by atoms with Crippen molar-refractivity contribution < 1.29 is 28.2 Å². The first-order chi connectivity index (χ1) is 14.9. The third-order valence-corrected chi connectivity index (χ3v) is 6.43. The van der Waals surface area contributed by atoms with Gasteiger partial charge in [0.05, 0.1) is 30.2 Å². The van der Waals surface area contributed by atoms with Gasteiger partial charge in [-0.2, -0.15) is 0 Å². The molecule has 3 heterocycles. The van der Waals surface area contributed by atoms with E-state index in [-0.39, 0.29) is 47.5 Å². The molecule has 10 heteroatoms. The number of anilines is 1. The van der Waals surface area contributed by atoms with Gasteiger partial charge in [-0.3, -0.25) is 4.79 Å². The zero-order chi connectivity index (χ0) is 21.9. The number of aromatic nitrogens is 1. The monoisotopic (exact) mass is 435 g/mol. The summed E-state index contributed by atoms with van der Waals surface area (Å²) in [5, 5.41) is 9.37. The molecule has 3 unspecified atom stereocenters. The Morgan fingerprint density at radius 1 is 1.35 bits per heavy atom. The number of hydrogen-bond acceptors (Lipinski definition) is 6. The fraction of sp³-hybridized carbons (Fsp3) is 0.524. The Morgan fingerprint density at radius 3 is 2.81 bits per heavy atom. The molecular weight excluding hydrogens is 412 g/mol. The first-order valence-electron chi connectivity index (χ1n) is 10.4. The lowest BCUT2D eigenvalue weighted by Gasteiger charge is -2.29. The Morgan fingerprint density at radius 2 is 2.13 bits per heavy atom. The highest BCUT2D eigenvalue weighted by molar-refractivity contribution is 5.97. The molecule has 2 aromatic rings. The number of alkyl halides is 1. The standard InChI is InChI=1S/C21H23F2N3O5/c22-3-4-31-20-17-11(19(27)12(21(28)29)6-25(17)10-1-2-10)5-14(23)18(20)26-7-15(24)13-8-30-9-16(13)26/h5-6,10,13,15-16H,1-4,7-9,24H2,(H,28,29). The molecule has 0 amide bonds. The van der Waals surface area contributed by atoms with Crippen LogP contribution in [0.3, 0.4) is 0 Å². The summed E-state index contributed by atoms with van der Waals surface area (Å²) in [4.78, 5) is 26.3. The van der Waals surface area contributed by atoms with E-state index in [1.165, 1.54) is 6.20 Å². The van der Waals surface area contributed by atoms with E-state index in [4.69, 9.17) is 15.2 Å². The summed E-state index contributed by atoms with van der Waals surface area (Å²) in [6.07, 6.45) is 2.87. The number of carboxylic acid groups (broad SMARTS) is 1. The fourth-order valence-electron chi connectivity index (χ4n) is 4.83. The van der Waals surface area contributed by atoms with E-state index in [2.05, 4.69) is 0 Å². The summed E-state index contributed by atoms with van der Waals surface area (Å²) in [6.45, 7) is 0.106. The zero-order valence-corrected chi connectivity index (χ0v) is 16.7. The van der Waals surface area contributed by atoms with E-state index >= 15 is 4.39 Å². The second kappa shape index (κ2) is 7.45. The Kier molecular flexibility index (Phi) is 4.86. The molecule has 3 N–H and O–H groups in total. The first kappa shape index (κ1) is 20.2. The van der Waals surface area contributed by atoms with E-state index in [0.29, 0.717) is 25.3 Å². The van der Waals surface area contributed by atoms with Gasteiger partial charge in [0.25, 0.3) is 0 Å². The quantitative estimate of drug-likeness (QED) is 0.711. The normalized spacial score (nSPS) is 25.3. The molecular formula is C21H23F2N3O5. The lowest BCUT2D eigenvalue weighted by atomic mass is 10.0. The predicted molar refractivity (Wildman–Crippen MR) is 108 cm³/mol. The van der Waals surface area contributed by atoms with Crippen molar-refractivity contribution in [3.05, 3.63) is 33.9 Å². The molecule has 2 saturated heterocycles. The van der Waals surface area contributed by atoms with Gasteiger partial charge >= 0.3 is 5.97 Å².